The van der Waals surface area contributed by atoms with Crippen LogP contribution in [0.15, 0.2) is 79.1 Å². The number of carbonyl (C=O) groups is 2. The maximum Gasteiger partial charge on any atom is 0.225 e. The molecule has 0 fully saturated rings. The fraction of sp³-hybridized carbons (Fsp3) is 0.229. The molecule has 0 aliphatic rings. The van der Waals surface area contributed by atoms with Crippen LogP contribution in [0.3, 0.4) is 0 Å². The first-order chi connectivity index (χ1) is 20.9. The van der Waals surface area contributed by atoms with Crippen LogP contribution in [0.1, 0.15) is 60.4 Å². The number of halogens is 4. The molecule has 9 heteroatoms. The number of ketones is 1. The van der Waals surface area contributed by atoms with Gasteiger partial charge in [-0.15, -0.1) is 0 Å². The lowest BCUT2D eigenvalue weighted by molar-refractivity contribution is -0.121. The summed E-state index contributed by atoms with van der Waals surface area (Å²) in [6, 6.07) is 14.1. The lowest BCUT2D eigenvalue weighted by Crippen LogP contribution is -2.32. The summed E-state index contributed by atoms with van der Waals surface area (Å²) in [6.45, 7) is 5.67. The highest BCUT2D eigenvalue weighted by Gasteiger charge is 2.24. The van der Waals surface area contributed by atoms with E-state index in [1.165, 1.54) is 48.7 Å². The van der Waals surface area contributed by atoms with E-state index in [0.29, 0.717) is 33.3 Å². The molecular formula is C35H31F4N3O2. The average molecular weight is 602 g/mol. The number of Topliss-reactive ketones (excluding diaryl/α,β-unsaturated/α-hetero) is 1. The van der Waals surface area contributed by atoms with Crippen LogP contribution in [0.4, 0.5) is 17.6 Å². The fourth-order valence-corrected chi connectivity index (χ4v) is 5.32. The van der Waals surface area contributed by atoms with Gasteiger partial charge in [-0.2, -0.15) is 0 Å². The molecule has 0 unspecified atom stereocenters. The molecule has 2 aromatic heterocycles. The average Bonchev–Trinajstić information content (AvgIpc) is 3.32. The number of aromatic amines is 1. The molecule has 2 N–H and O–H groups in total. The number of benzene rings is 3. The van der Waals surface area contributed by atoms with Crippen molar-refractivity contribution in [1.82, 2.24) is 15.3 Å². The van der Waals surface area contributed by atoms with E-state index in [2.05, 4.69) is 15.3 Å². The molecule has 2 heterocycles. The predicted molar refractivity (Wildman–Crippen MR) is 161 cm³/mol. The number of amides is 1. The molecule has 0 spiro atoms. The van der Waals surface area contributed by atoms with Gasteiger partial charge in [0.05, 0.1) is 23.7 Å². The second-order valence-corrected chi connectivity index (χ2v) is 12.1. The molecule has 1 amide bonds. The van der Waals surface area contributed by atoms with E-state index in [4.69, 9.17) is 0 Å². The highest BCUT2D eigenvalue weighted by atomic mass is 19.1. The predicted octanol–water partition coefficient (Wildman–Crippen LogP) is 8.05. The van der Waals surface area contributed by atoms with Gasteiger partial charge in [0.25, 0.3) is 0 Å². The van der Waals surface area contributed by atoms with Crippen LogP contribution in [0.2, 0.25) is 0 Å². The summed E-state index contributed by atoms with van der Waals surface area (Å²) in [5.41, 5.74) is 2.44. The molecule has 0 saturated carbocycles. The molecule has 5 nitrogen and oxygen atoms in total. The zero-order valence-corrected chi connectivity index (χ0v) is 24.5. The topological polar surface area (TPSA) is 74.8 Å². The Labute approximate surface area is 252 Å². The molecule has 44 heavy (non-hydrogen) atoms. The third-order valence-corrected chi connectivity index (χ3v) is 7.22. The third-order valence-electron chi connectivity index (χ3n) is 7.22. The summed E-state index contributed by atoms with van der Waals surface area (Å²) in [7, 11) is 0. The minimum atomic E-state index is -0.874. The number of carbonyl (C=O) groups excluding carboxylic acids is 2. The van der Waals surface area contributed by atoms with Gasteiger partial charge in [-0.1, -0.05) is 32.9 Å². The Kier molecular flexibility index (Phi) is 8.67. The van der Waals surface area contributed by atoms with E-state index in [9.17, 15) is 27.2 Å². The Bertz CT molecular complexity index is 1840. The number of aromatic nitrogens is 2. The number of hydrogen-bond acceptors (Lipinski definition) is 3. The van der Waals surface area contributed by atoms with Crippen molar-refractivity contribution < 1.29 is 27.2 Å². The highest BCUT2D eigenvalue weighted by molar-refractivity contribution is 5.98. The van der Waals surface area contributed by atoms with E-state index in [0.717, 1.165) is 6.07 Å². The Morgan fingerprint density at radius 1 is 0.909 bits per heavy atom. The van der Waals surface area contributed by atoms with Crippen molar-refractivity contribution in [2.45, 2.75) is 46.1 Å². The Morgan fingerprint density at radius 3 is 2.39 bits per heavy atom. The standard InChI is InChI=1S/C35H31F4N3O2/c1-35(2,3)18-32(43)28-14-21(6-8-29(28)39)26-5-4-10-40-34(26)31(13-20-11-24(37)16-25(38)12-20)42-33(44)15-22-19-41-30-9-7-23(36)17-27(22)30/h4-12,14,16-17,19,31,41H,13,15,18H2,1-3H3,(H,42,44)/t31-/m0/s1. The second-order valence-electron chi connectivity index (χ2n) is 12.1. The number of nitrogens with one attached hydrogen (secondary N) is 2. The highest BCUT2D eigenvalue weighted by Crippen LogP contribution is 2.32. The third kappa shape index (κ3) is 7.22. The number of nitrogens with zero attached hydrogens (tertiary/aromatic N) is 1. The van der Waals surface area contributed by atoms with Crippen LogP contribution in [0.25, 0.3) is 22.0 Å². The normalized spacial score (nSPS) is 12.3. The van der Waals surface area contributed by atoms with Crippen molar-refractivity contribution in [2.75, 3.05) is 0 Å². The Morgan fingerprint density at radius 2 is 1.66 bits per heavy atom. The van der Waals surface area contributed by atoms with Crippen LogP contribution >= 0.6 is 0 Å². The summed E-state index contributed by atoms with van der Waals surface area (Å²) in [5, 5.41) is 3.49. The number of fused-ring (bicyclic) bond motifs is 1. The monoisotopic (exact) mass is 601 g/mol. The molecule has 5 rings (SSSR count). The molecule has 0 aliphatic heterocycles. The first-order valence-corrected chi connectivity index (χ1v) is 14.1. The van der Waals surface area contributed by atoms with Crippen LogP contribution in [-0.4, -0.2) is 21.7 Å². The van der Waals surface area contributed by atoms with Gasteiger partial charge in [0.2, 0.25) is 5.91 Å². The molecule has 0 aliphatic carbocycles. The van der Waals surface area contributed by atoms with Crippen LogP contribution in [0, 0.1) is 28.7 Å². The Balaban J connectivity index is 1.52. The minimum absolute atomic E-state index is 0.0239. The molecule has 0 radical (unpaired) electrons. The van der Waals surface area contributed by atoms with Gasteiger partial charge in [0.1, 0.15) is 23.3 Å². The molecule has 0 saturated heterocycles. The van der Waals surface area contributed by atoms with Crippen molar-refractivity contribution in [1.29, 1.82) is 0 Å². The SMILES string of the molecule is CC(C)(C)CC(=O)c1cc(-c2cccnc2[C@H](Cc2cc(F)cc(F)c2)NC(=O)Cc2c[nH]c3ccc(F)cc23)ccc1F. The quantitative estimate of drug-likeness (QED) is 0.133. The number of hydrogen-bond donors (Lipinski definition) is 2. The number of pyridine rings is 1. The van der Waals surface area contributed by atoms with Crippen molar-refractivity contribution in [2.24, 2.45) is 5.41 Å². The molecule has 0 bridgehead atoms. The summed E-state index contributed by atoms with van der Waals surface area (Å²) >= 11 is 0. The van der Waals surface area contributed by atoms with Crippen molar-refractivity contribution in [3.8, 4) is 11.1 Å². The van der Waals surface area contributed by atoms with Gasteiger partial charge in [-0.3, -0.25) is 14.6 Å². The lowest BCUT2D eigenvalue weighted by atomic mass is 9.87. The Hall–Kier alpha value is -4.79. The van der Waals surface area contributed by atoms with Crippen molar-refractivity contribution >= 4 is 22.6 Å². The summed E-state index contributed by atoms with van der Waals surface area (Å²) in [4.78, 5) is 34.0. The van der Waals surface area contributed by atoms with Crippen molar-refractivity contribution in [3.05, 3.63) is 125 Å². The first-order valence-electron chi connectivity index (χ1n) is 14.1. The molecule has 1 atom stereocenters. The van der Waals surface area contributed by atoms with Crippen LogP contribution < -0.4 is 5.32 Å². The van der Waals surface area contributed by atoms with Gasteiger partial charge >= 0.3 is 0 Å². The van der Waals surface area contributed by atoms with E-state index in [-0.39, 0.29) is 41.6 Å². The zero-order chi connectivity index (χ0) is 31.6. The lowest BCUT2D eigenvalue weighted by Gasteiger charge is -2.22. The second kappa shape index (κ2) is 12.4. The molecule has 226 valence electrons. The van der Waals surface area contributed by atoms with E-state index in [1.54, 1.807) is 24.4 Å². The van der Waals surface area contributed by atoms with Gasteiger partial charge < -0.3 is 10.3 Å². The van der Waals surface area contributed by atoms with Gasteiger partial charge in [0.15, 0.2) is 5.78 Å². The van der Waals surface area contributed by atoms with Gasteiger partial charge in [0, 0.05) is 41.3 Å². The summed E-state index contributed by atoms with van der Waals surface area (Å²) in [6.07, 6.45) is 3.14. The minimum Gasteiger partial charge on any atom is -0.361 e. The fourth-order valence-electron chi connectivity index (χ4n) is 5.32. The summed E-state index contributed by atoms with van der Waals surface area (Å²) < 4.78 is 57.1. The van der Waals surface area contributed by atoms with E-state index in [1.807, 2.05) is 20.8 Å². The van der Waals surface area contributed by atoms with Crippen LogP contribution in [-0.2, 0) is 17.6 Å². The zero-order valence-electron chi connectivity index (χ0n) is 24.5. The maximum absolute atomic E-state index is 14.8. The first kappa shape index (κ1) is 30.7. The van der Waals surface area contributed by atoms with E-state index < -0.39 is 35.2 Å². The summed E-state index contributed by atoms with van der Waals surface area (Å²) in [5.74, 6) is -3.42. The smallest absolute Gasteiger partial charge is 0.225 e. The van der Waals surface area contributed by atoms with Crippen molar-refractivity contribution in [3.63, 3.8) is 0 Å². The maximum atomic E-state index is 14.8. The molecule has 3 aromatic carbocycles. The largest absolute Gasteiger partial charge is 0.361 e. The van der Waals surface area contributed by atoms with Crippen LogP contribution in [0.5, 0.6) is 0 Å². The molecule has 5 aromatic rings. The van der Waals surface area contributed by atoms with Gasteiger partial charge in [-0.25, -0.2) is 17.6 Å². The number of H-pyrrole nitrogens is 1. The van der Waals surface area contributed by atoms with E-state index >= 15 is 0 Å². The molecular weight excluding hydrogens is 570 g/mol. The number of rotatable bonds is 9. The van der Waals surface area contributed by atoms with Gasteiger partial charge in [-0.05, 0) is 77.1 Å².